The summed E-state index contributed by atoms with van der Waals surface area (Å²) in [4.78, 5) is 29.5. The Labute approximate surface area is 199 Å². The van der Waals surface area contributed by atoms with Crippen LogP contribution in [0.1, 0.15) is 73.6 Å². The number of hydrogen-bond acceptors (Lipinski definition) is 5. The lowest BCUT2D eigenvalue weighted by atomic mass is 9.90. The van der Waals surface area contributed by atoms with Crippen LogP contribution in [0, 0.1) is 0 Å². The van der Waals surface area contributed by atoms with E-state index in [2.05, 4.69) is 22.1 Å². The molecule has 8 nitrogen and oxygen atoms in total. The fraction of sp³-hybridized carbons (Fsp3) is 0.538. The molecule has 3 aliphatic heterocycles. The minimum Gasteiger partial charge on any atom is -0.454 e. The highest BCUT2D eigenvalue weighted by molar-refractivity contribution is 6.01. The Balaban J connectivity index is 1.37. The van der Waals surface area contributed by atoms with E-state index in [9.17, 15) is 9.59 Å². The first-order chi connectivity index (χ1) is 16.4. The molecule has 2 amide bonds. The largest absolute Gasteiger partial charge is 0.454 e. The first-order valence-corrected chi connectivity index (χ1v) is 12.4. The number of nitrogens with one attached hydrogen (secondary N) is 2. The van der Waals surface area contributed by atoms with E-state index in [0.717, 1.165) is 49.2 Å². The molecule has 2 atom stereocenters. The van der Waals surface area contributed by atoms with Gasteiger partial charge in [0.2, 0.25) is 12.7 Å². The quantitative estimate of drug-likeness (QED) is 0.722. The van der Waals surface area contributed by atoms with Crippen molar-refractivity contribution in [3.05, 3.63) is 41.2 Å². The van der Waals surface area contributed by atoms with Gasteiger partial charge in [-0.25, -0.2) is 0 Å². The number of ether oxygens (including phenoxy) is 2. The van der Waals surface area contributed by atoms with Gasteiger partial charge in [-0.05, 0) is 43.5 Å². The monoisotopic (exact) mass is 464 g/mol. The Morgan fingerprint density at radius 3 is 2.79 bits per heavy atom. The Kier molecular flexibility index (Phi) is 5.00. The molecule has 4 aliphatic rings. The summed E-state index contributed by atoms with van der Waals surface area (Å²) in [6.07, 6.45) is 5.51. The average molecular weight is 465 g/mol. The summed E-state index contributed by atoms with van der Waals surface area (Å²) in [6.45, 7) is 5.90. The molecule has 6 rings (SSSR count). The van der Waals surface area contributed by atoms with Crippen LogP contribution < -0.4 is 20.1 Å². The molecule has 2 aromatic rings. The third-order valence-electron chi connectivity index (χ3n) is 7.94. The second kappa shape index (κ2) is 7.96. The molecular formula is C26H32N4O4. The molecule has 180 valence electrons. The Hall–Kier alpha value is -3.16. The maximum absolute atomic E-state index is 13.9. The number of amides is 2. The lowest BCUT2D eigenvalue weighted by molar-refractivity contribution is -0.134. The van der Waals surface area contributed by atoms with Crippen LogP contribution in [0.25, 0.3) is 0 Å². The highest BCUT2D eigenvalue weighted by atomic mass is 16.7. The van der Waals surface area contributed by atoms with Gasteiger partial charge in [-0.3, -0.25) is 9.59 Å². The van der Waals surface area contributed by atoms with Gasteiger partial charge in [-0.1, -0.05) is 32.3 Å². The molecule has 1 aliphatic carbocycles. The van der Waals surface area contributed by atoms with Crippen LogP contribution in [0.3, 0.4) is 0 Å². The van der Waals surface area contributed by atoms with Gasteiger partial charge in [0.1, 0.15) is 11.2 Å². The van der Waals surface area contributed by atoms with Gasteiger partial charge >= 0.3 is 0 Å². The predicted molar refractivity (Wildman–Crippen MR) is 127 cm³/mol. The topological polar surface area (TPSA) is 84.8 Å². The van der Waals surface area contributed by atoms with E-state index in [1.807, 2.05) is 31.2 Å². The number of fused-ring (bicyclic) bond motifs is 4. The van der Waals surface area contributed by atoms with Gasteiger partial charge in [-0.2, -0.15) is 0 Å². The Bertz CT molecular complexity index is 1150. The fourth-order valence-electron chi connectivity index (χ4n) is 5.95. The summed E-state index contributed by atoms with van der Waals surface area (Å²) in [6, 6.07) is 7.85. The minimum absolute atomic E-state index is 0.0693. The molecular weight excluding hydrogens is 432 g/mol. The number of hydrogen-bond donors (Lipinski definition) is 2. The summed E-state index contributed by atoms with van der Waals surface area (Å²) in [5.41, 5.74) is 2.69. The highest BCUT2D eigenvalue weighted by Crippen LogP contribution is 2.41. The van der Waals surface area contributed by atoms with Gasteiger partial charge < -0.3 is 29.6 Å². The zero-order valence-electron chi connectivity index (χ0n) is 19.9. The summed E-state index contributed by atoms with van der Waals surface area (Å²) in [5.74, 6) is 1.49. The third-order valence-corrected chi connectivity index (χ3v) is 7.94. The molecule has 0 spiro atoms. The lowest BCUT2D eigenvalue weighted by Gasteiger charge is -2.45. The van der Waals surface area contributed by atoms with Gasteiger partial charge in [0.15, 0.2) is 11.5 Å². The summed E-state index contributed by atoms with van der Waals surface area (Å²) < 4.78 is 13.1. The van der Waals surface area contributed by atoms with Gasteiger partial charge in [0.25, 0.3) is 5.91 Å². The standard InChI is InChI=1S/C26H32N4O4/c1-16-12-27-19-11-20-24(31)30(13-17-8-9-21-22(10-17)34-15-33-21)26(2,14-29(20)23(16)19)25(32)28-18-6-4-3-5-7-18/h8-11,16,18,27H,3-7,12-15H2,1-2H3,(H,28,32). The first-order valence-electron chi connectivity index (χ1n) is 12.4. The maximum Gasteiger partial charge on any atom is 0.271 e. The van der Waals surface area contributed by atoms with E-state index < -0.39 is 5.54 Å². The SMILES string of the molecule is CC1CNc2cc3n(c21)CC(C)(C(=O)NC1CCCCC1)N(Cc1ccc2c(c1)OCO2)C3=O. The van der Waals surface area contributed by atoms with Crippen molar-refractivity contribution in [1.29, 1.82) is 0 Å². The number of nitrogens with zero attached hydrogens (tertiary/aromatic N) is 2. The Morgan fingerprint density at radius 2 is 1.97 bits per heavy atom. The van der Waals surface area contributed by atoms with Crippen molar-refractivity contribution in [3.63, 3.8) is 0 Å². The van der Waals surface area contributed by atoms with Crippen molar-refractivity contribution in [1.82, 2.24) is 14.8 Å². The minimum atomic E-state index is -1.01. The number of benzene rings is 1. The average Bonchev–Trinajstić information content (AvgIpc) is 3.54. The van der Waals surface area contributed by atoms with Gasteiger partial charge in [0.05, 0.1) is 12.2 Å². The molecule has 2 unspecified atom stereocenters. The molecule has 0 bridgehead atoms. The fourth-order valence-corrected chi connectivity index (χ4v) is 5.95. The van der Waals surface area contributed by atoms with Crippen LogP contribution >= 0.6 is 0 Å². The van der Waals surface area contributed by atoms with E-state index in [1.165, 1.54) is 6.42 Å². The van der Waals surface area contributed by atoms with Gasteiger partial charge in [-0.15, -0.1) is 0 Å². The molecule has 1 aromatic heterocycles. The molecule has 1 aromatic carbocycles. The molecule has 0 radical (unpaired) electrons. The smallest absolute Gasteiger partial charge is 0.271 e. The normalized spacial score (nSPS) is 25.6. The van der Waals surface area contributed by atoms with Gasteiger partial charge in [0, 0.05) is 30.7 Å². The second-order valence-corrected chi connectivity index (χ2v) is 10.4. The first kappa shape index (κ1) is 21.4. The summed E-state index contributed by atoms with van der Waals surface area (Å²) >= 11 is 0. The van der Waals surface area contributed by atoms with Crippen molar-refractivity contribution in [2.45, 2.75) is 76.5 Å². The van der Waals surface area contributed by atoms with Crippen molar-refractivity contribution in [2.75, 3.05) is 18.7 Å². The van der Waals surface area contributed by atoms with E-state index in [-0.39, 0.29) is 24.6 Å². The van der Waals surface area contributed by atoms with Crippen LogP contribution in [0.5, 0.6) is 11.5 Å². The van der Waals surface area contributed by atoms with E-state index in [1.54, 1.807) is 4.90 Å². The number of anilines is 1. The van der Waals surface area contributed by atoms with E-state index >= 15 is 0 Å². The molecule has 8 heteroatoms. The second-order valence-electron chi connectivity index (χ2n) is 10.4. The number of aromatic nitrogens is 1. The van der Waals surface area contributed by atoms with Crippen molar-refractivity contribution in [2.24, 2.45) is 0 Å². The molecule has 4 heterocycles. The predicted octanol–water partition coefficient (Wildman–Crippen LogP) is 3.61. The molecule has 1 fully saturated rings. The van der Waals surface area contributed by atoms with Crippen molar-refractivity contribution >= 4 is 17.5 Å². The van der Waals surface area contributed by atoms with Crippen molar-refractivity contribution < 1.29 is 19.1 Å². The van der Waals surface area contributed by atoms with Crippen molar-refractivity contribution in [3.8, 4) is 11.5 Å². The summed E-state index contributed by atoms with van der Waals surface area (Å²) in [5, 5.41) is 6.72. The number of carbonyl (C=O) groups is 2. The highest BCUT2D eigenvalue weighted by Gasteiger charge is 2.49. The van der Waals surface area contributed by atoms with Crippen LogP contribution in [-0.4, -0.2) is 46.2 Å². The third kappa shape index (κ3) is 3.34. The molecule has 1 saturated carbocycles. The van der Waals surface area contributed by atoms with Crippen LogP contribution in [0.4, 0.5) is 5.69 Å². The summed E-state index contributed by atoms with van der Waals surface area (Å²) in [7, 11) is 0. The zero-order chi connectivity index (χ0) is 23.4. The zero-order valence-corrected chi connectivity index (χ0v) is 19.9. The molecule has 0 saturated heterocycles. The lowest BCUT2D eigenvalue weighted by Crippen LogP contribution is -2.64. The Morgan fingerprint density at radius 1 is 1.18 bits per heavy atom. The van der Waals surface area contributed by atoms with Crippen LogP contribution in [0.15, 0.2) is 24.3 Å². The van der Waals surface area contributed by atoms with E-state index in [0.29, 0.717) is 36.2 Å². The maximum atomic E-state index is 13.9. The number of rotatable bonds is 4. The molecule has 2 N–H and O–H groups in total. The van der Waals surface area contributed by atoms with E-state index in [4.69, 9.17) is 9.47 Å². The van der Waals surface area contributed by atoms with Crippen LogP contribution in [-0.2, 0) is 17.9 Å². The molecule has 34 heavy (non-hydrogen) atoms. The number of carbonyl (C=O) groups excluding carboxylic acids is 2. The van der Waals surface area contributed by atoms with Crippen LogP contribution in [0.2, 0.25) is 0 Å².